The third-order valence-electron chi connectivity index (χ3n) is 4.92. The predicted molar refractivity (Wildman–Crippen MR) is 97.0 cm³/mol. The maximum absolute atomic E-state index is 14.6. The highest BCUT2D eigenvalue weighted by Crippen LogP contribution is 2.29. The van der Waals surface area contributed by atoms with E-state index in [9.17, 15) is 14.0 Å². The number of nitrogens with one attached hydrogen (secondary N) is 2. The largest absolute Gasteiger partial charge is 0.444 e. The minimum atomic E-state index is -0.488. The van der Waals surface area contributed by atoms with Gasteiger partial charge in [-0.15, -0.1) is 0 Å². The highest BCUT2D eigenvalue weighted by atomic mass is 19.1. The molecule has 1 unspecified atom stereocenters. The standard InChI is InChI=1S/C18H25FN4O3/c1-12(24)21-8-6-15-11-23(18(25)26-15)13-3-4-17(16(19)9-13)22(2)14-5-7-20-10-14/h3-4,9,14-15,20H,5-8,10-11H2,1-2H3,(H,21,24)/t14?,15-/m0/s1. The molecule has 0 aliphatic carbocycles. The number of hydrogen-bond donors (Lipinski definition) is 2. The van der Waals surface area contributed by atoms with E-state index in [0.717, 1.165) is 19.5 Å². The average Bonchev–Trinajstić information content (AvgIpc) is 3.24. The number of hydrogen-bond acceptors (Lipinski definition) is 5. The van der Waals surface area contributed by atoms with Crippen molar-refractivity contribution in [3.05, 3.63) is 24.0 Å². The maximum atomic E-state index is 14.6. The summed E-state index contributed by atoms with van der Waals surface area (Å²) in [5.74, 6) is -0.475. The van der Waals surface area contributed by atoms with Crippen LogP contribution in [0.5, 0.6) is 0 Å². The van der Waals surface area contributed by atoms with E-state index < -0.39 is 6.09 Å². The molecule has 26 heavy (non-hydrogen) atoms. The zero-order valence-electron chi connectivity index (χ0n) is 15.1. The maximum Gasteiger partial charge on any atom is 0.414 e. The molecule has 8 heteroatoms. The first-order valence-electron chi connectivity index (χ1n) is 8.91. The van der Waals surface area contributed by atoms with Gasteiger partial charge in [0.15, 0.2) is 0 Å². The normalized spacial score (nSPS) is 22.4. The van der Waals surface area contributed by atoms with Gasteiger partial charge in [-0.1, -0.05) is 0 Å². The number of anilines is 2. The van der Waals surface area contributed by atoms with Crippen molar-refractivity contribution in [3.63, 3.8) is 0 Å². The Kier molecular flexibility index (Phi) is 5.61. The van der Waals surface area contributed by atoms with Gasteiger partial charge in [0.05, 0.1) is 17.9 Å². The Morgan fingerprint density at radius 1 is 1.50 bits per heavy atom. The minimum Gasteiger partial charge on any atom is -0.444 e. The van der Waals surface area contributed by atoms with Crippen LogP contribution in [-0.4, -0.2) is 57.4 Å². The van der Waals surface area contributed by atoms with Crippen LogP contribution in [0, 0.1) is 5.82 Å². The summed E-state index contributed by atoms with van der Waals surface area (Å²) in [7, 11) is 1.89. The Labute approximate surface area is 152 Å². The first-order valence-corrected chi connectivity index (χ1v) is 8.91. The number of rotatable bonds is 6. The smallest absolute Gasteiger partial charge is 0.414 e. The van der Waals surface area contributed by atoms with Gasteiger partial charge in [0, 0.05) is 39.5 Å². The van der Waals surface area contributed by atoms with E-state index in [0.29, 0.717) is 30.9 Å². The molecular weight excluding hydrogens is 339 g/mol. The van der Waals surface area contributed by atoms with Crippen molar-refractivity contribution in [2.75, 3.05) is 43.0 Å². The number of cyclic esters (lactones) is 1. The number of ether oxygens (including phenoxy) is 1. The van der Waals surface area contributed by atoms with Gasteiger partial charge in [-0.05, 0) is 31.2 Å². The Morgan fingerprint density at radius 2 is 2.31 bits per heavy atom. The molecule has 0 spiro atoms. The zero-order chi connectivity index (χ0) is 18.7. The van der Waals surface area contributed by atoms with Crippen molar-refractivity contribution >= 4 is 23.4 Å². The Balaban J connectivity index is 1.65. The molecule has 3 rings (SSSR count). The van der Waals surface area contributed by atoms with E-state index in [4.69, 9.17) is 4.74 Å². The number of likely N-dealkylation sites (N-methyl/N-ethyl adjacent to an activating group) is 1. The summed E-state index contributed by atoms with van der Waals surface area (Å²) in [5, 5.41) is 5.95. The van der Waals surface area contributed by atoms with Gasteiger partial charge in [0.2, 0.25) is 5.91 Å². The molecule has 0 saturated carbocycles. The fourth-order valence-corrected chi connectivity index (χ4v) is 3.41. The summed E-state index contributed by atoms with van der Waals surface area (Å²) in [4.78, 5) is 26.4. The van der Waals surface area contributed by atoms with Crippen molar-refractivity contribution in [3.8, 4) is 0 Å². The summed E-state index contributed by atoms with van der Waals surface area (Å²) in [6.45, 7) is 4.00. The molecule has 2 aliphatic rings. The summed E-state index contributed by atoms with van der Waals surface area (Å²) in [6.07, 6.45) is 0.703. The van der Waals surface area contributed by atoms with Crippen LogP contribution in [0.15, 0.2) is 18.2 Å². The van der Waals surface area contributed by atoms with E-state index in [1.807, 2.05) is 11.9 Å². The van der Waals surface area contributed by atoms with Gasteiger partial charge >= 0.3 is 6.09 Å². The number of benzene rings is 1. The van der Waals surface area contributed by atoms with Gasteiger partial charge in [-0.3, -0.25) is 9.69 Å². The van der Waals surface area contributed by atoms with Crippen molar-refractivity contribution in [1.82, 2.24) is 10.6 Å². The molecule has 7 nitrogen and oxygen atoms in total. The fourth-order valence-electron chi connectivity index (χ4n) is 3.41. The van der Waals surface area contributed by atoms with Gasteiger partial charge in [-0.25, -0.2) is 9.18 Å². The van der Waals surface area contributed by atoms with Crippen molar-refractivity contribution in [1.29, 1.82) is 0 Å². The third kappa shape index (κ3) is 4.07. The second-order valence-corrected chi connectivity index (χ2v) is 6.78. The lowest BCUT2D eigenvalue weighted by Gasteiger charge is -2.27. The molecule has 1 aromatic rings. The second-order valence-electron chi connectivity index (χ2n) is 6.78. The molecule has 0 aromatic heterocycles. The molecule has 2 aliphatic heterocycles. The first-order chi connectivity index (χ1) is 12.5. The molecule has 2 saturated heterocycles. The fraction of sp³-hybridized carbons (Fsp3) is 0.556. The van der Waals surface area contributed by atoms with Gasteiger partial charge < -0.3 is 20.3 Å². The highest BCUT2D eigenvalue weighted by molar-refractivity contribution is 5.90. The van der Waals surface area contributed by atoms with Crippen LogP contribution in [0.4, 0.5) is 20.6 Å². The van der Waals surface area contributed by atoms with Crippen LogP contribution < -0.4 is 20.4 Å². The van der Waals surface area contributed by atoms with E-state index in [1.165, 1.54) is 17.9 Å². The van der Waals surface area contributed by atoms with Crippen LogP contribution in [0.3, 0.4) is 0 Å². The number of carbonyl (C=O) groups excluding carboxylic acids is 2. The summed E-state index contributed by atoms with van der Waals surface area (Å²) in [5.41, 5.74) is 1.01. The van der Waals surface area contributed by atoms with Crippen molar-refractivity contribution in [2.45, 2.75) is 31.9 Å². The van der Waals surface area contributed by atoms with Gasteiger partial charge in [0.25, 0.3) is 0 Å². The third-order valence-corrected chi connectivity index (χ3v) is 4.92. The molecule has 2 heterocycles. The molecule has 2 fully saturated rings. The average molecular weight is 364 g/mol. The first kappa shape index (κ1) is 18.4. The van der Waals surface area contributed by atoms with Crippen LogP contribution in [0.2, 0.25) is 0 Å². The Hall–Kier alpha value is -2.35. The molecule has 142 valence electrons. The summed E-state index contributed by atoms with van der Waals surface area (Å²) in [6, 6.07) is 5.10. The minimum absolute atomic E-state index is 0.120. The second kappa shape index (κ2) is 7.90. The molecule has 2 N–H and O–H groups in total. The number of halogens is 1. The van der Waals surface area contributed by atoms with Crippen molar-refractivity contribution in [2.24, 2.45) is 0 Å². The van der Waals surface area contributed by atoms with Gasteiger partial charge in [-0.2, -0.15) is 0 Å². The number of carbonyl (C=O) groups is 2. The van der Waals surface area contributed by atoms with Crippen LogP contribution >= 0.6 is 0 Å². The SMILES string of the molecule is CC(=O)NCC[C@H]1CN(c2ccc(N(C)C3CCNC3)c(F)c2)C(=O)O1. The van der Waals surface area contributed by atoms with E-state index in [-0.39, 0.29) is 23.9 Å². The lowest BCUT2D eigenvalue weighted by atomic mass is 10.1. The van der Waals surface area contributed by atoms with Crippen molar-refractivity contribution < 1.29 is 18.7 Å². The zero-order valence-corrected chi connectivity index (χ0v) is 15.1. The lowest BCUT2D eigenvalue weighted by molar-refractivity contribution is -0.119. The molecule has 0 radical (unpaired) electrons. The monoisotopic (exact) mass is 364 g/mol. The van der Waals surface area contributed by atoms with Gasteiger partial charge in [0.1, 0.15) is 11.9 Å². The summed E-state index contributed by atoms with van der Waals surface area (Å²) < 4.78 is 19.9. The van der Waals surface area contributed by atoms with Crippen LogP contribution in [-0.2, 0) is 9.53 Å². The van der Waals surface area contributed by atoms with Crippen LogP contribution in [0.25, 0.3) is 0 Å². The predicted octanol–water partition coefficient (Wildman–Crippen LogP) is 1.48. The van der Waals surface area contributed by atoms with E-state index >= 15 is 0 Å². The number of amides is 2. The molecule has 0 bridgehead atoms. The van der Waals surface area contributed by atoms with E-state index in [1.54, 1.807) is 12.1 Å². The molecule has 1 aromatic carbocycles. The van der Waals surface area contributed by atoms with Crippen LogP contribution in [0.1, 0.15) is 19.8 Å². The number of nitrogens with zero attached hydrogens (tertiary/aromatic N) is 2. The van der Waals surface area contributed by atoms with E-state index in [2.05, 4.69) is 10.6 Å². The molecule has 2 amide bonds. The highest BCUT2D eigenvalue weighted by Gasteiger charge is 2.32. The topological polar surface area (TPSA) is 73.9 Å². The Bertz CT molecular complexity index is 678. The molecule has 2 atom stereocenters. The molecular formula is C18H25FN4O3. The summed E-state index contributed by atoms with van der Waals surface area (Å²) >= 11 is 0. The lowest BCUT2D eigenvalue weighted by Crippen LogP contribution is -2.34. The quantitative estimate of drug-likeness (QED) is 0.800. The Morgan fingerprint density at radius 3 is 2.96 bits per heavy atom.